The first kappa shape index (κ1) is 22.8. The molecule has 1 amide bonds. The average molecular weight is 438 g/mol. The molecule has 0 saturated heterocycles. The zero-order valence-corrected chi connectivity index (χ0v) is 19.9. The molecule has 0 radical (unpaired) electrons. The zero-order valence-electron chi connectivity index (χ0n) is 19.9. The van der Waals surface area contributed by atoms with E-state index in [1.165, 1.54) is 25.7 Å². The first-order valence-electron chi connectivity index (χ1n) is 12.4. The maximum atomic E-state index is 12.4. The van der Waals surface area contributed by atoms with Crippen molar-refractivity contribution in [3.63, 3.8) is 0 Å². The minimum Gasteiger partial charge on any atom is -0.362 e. The molecule has 1 heterocycles. The maximum absolute atomic E-state index is 12.4. The lowest BCUT2D eigenvalue weighted by molar-refractivity contribution is -0.122. The fourth-order valence-electron chi connectivity index (χ4n) is 5.28. The normalized spacial score (nSPS) is 26.0. The summed E-state index contributed by atoms with van der Waals surface area (Å²) in [4.78, 5) is 24.0. The third-order valence-electron chi connectivity index (χ3n) is 7.38. The van der Waals surface area contributed by atoms with Gasteiger partial charge in [-0.15, -0.1) is 0 Å². The van der Waals surface area contributed by atoms with E-state index in [0.717, 1.165) is 61.3 Å². The Morgan fingerprint density at radius 2 is 1.66 bits per heavy atom. The third kappa shape index (κ3) is 5.90. The summed E-state index contributed by atoms with van der Waals surface area (Å²) >= 11 is 0. The van der Waals surface area contributed by atoms with Gasteiger partial charge in [0.15, 0.2) is 0 Å². The van der Waals surface area contributed by atoms with Crippen LogP contribution < -0.4 is 15.5 Å². The fraction of sp³-hybridized carbons (Fsp3) is 0.654. The van der Waals surface area contributed by atoms with Crippen LogP contribution in [-0.2, 0) is 4.79 Å². The topological polar surface area (TPSA) is 70.2 Å². The van der Waals surface area contributed by atoms with Gasteiger partial charge in [-0.25, -0.2) is 4.98 Å². The molecule has 1 aromatic heterocycles. The largest absolute Gasteiger partial charge is 0.362 e. The predicted octanol–water partition coefficient (Wildman–Crippen LogP) is 5.00. The SMILES string of the molecule is CC1CCC(CC(=O)NC[C@H]2CC[C@@H](Nc3nc(N(C)C)c4ccccc4n3)CC2)CC1. The van der Waals surface area contributed by atoms with Crippen molar-refractivity contribution < 1.29 is 4.79 Å². The van der Waals surface area contributed by atoms with Crippen LogP contribution in [0.25, 0.3) is 10.9 Å². The van der Waals surface area contributed by atoms with Crippen LogP contribution in [0.15, 0.2) is 24.3 Å². The zero-order chi connectivity index (χ0) is 22.5. The van der Waals surface area contributed by atoms with Crippen molar-refractivity contribution in [2.45, 2.75) is 70.8 Å². The van der Waals surface area contributed by atoms with Crippen LogP contribution in [0.5, 0.6) is 0 Å². The number of hydrogen-bond acceptors (Lipinski definition) is 5. The number of rotatable bonds is 7. The summed E-state index contributed by atoms with van der Waals surface area (Å²) in [6.07, 6.45) is 10.2. The number of anilines is 2. The Kier molecular flexibility index (Phi) is 7.48. The van der Waals surface area contributed by atoms with Gasteiger partial charge in [-0.3, -0.25) is 4.79 Å². The second-order valence-electron chi connectivity index (χ2n) is 10.3. The number of fused-ring (bicyclic) bond motifs is 1. The molecule has 2 aliphatic rings. The Morgan fingerprint density at radius 1 is 0.969 bits per heavy atom. The summed E-state index contributed by atoms with van der Waals surface area (Å²) in [5.74, 6) is 3.93. The minimum absolute atomic E-state index is 0.255. The highest BCUT2D eigenvalue weighted by Crippen LogP contribution is 2.31. The summed E-state index contributed by atoms with van der Waals surface area (Å²) in [6, 6.07) is 8.56. The molecule has 0 atom stereocenters. The quantitative estimate of drug-likeness (QED) is 0.638. The second kappa shape index (κ2) is 10.5. The summed E-state index contributed by atoms with van der Waals surface area (Å²) < 4.78 is 0. The van der Waals surface area contributed by atoms with Crippen molar-refractivity contribution in [3.8, 4) is 0 Å². The van der Waals surface area contributed by atoms with E-state index in [4.69, 9.17) is 9.97 Å². The number of aromatic nitrogens is 2. The van der Waals surface area contributed by atoms with E-state index < -0.39 is 0 Å². The van der Waals surface area contributed by atoms with Crippen LogP contribution in [-0.4, -0.2) is 42.6 Å². The van der Waals surface area contributed by atoms with Gasteiger partial charge in [-0.2, -0.15) is 4.98 Å². The van der Waals surface area contributed by atoms with E-state index in [2.05, 4.69) is 23.6 Å². The Hall–Kier alpha value is -2.37. The Bertz CT molecular complexity index is 898. The molecule has 1 aromatic carbocycles. The molecule has 2 N–H and O–H groups in total. The number of carbonyl (C=O) groups excluding carboxylic acids is 1. The van der Waals surface area contributed by atoms with Crippen molar-refractivity contribution >= 4 is 28.6 Å². The average Bonchev–Trinajstić information content (AvgIpc) is 2.79. The number of nitrogens with zero attached hydrogens (tertiary/aromatic N) is 3. The molecule has 2 saturated carbocycles. The molecule has 6 heteroatoms. The first-order chi connectivity index (χ1) is 15.5. The fourth-order valence-corrected chi connectivity index (χ4v) is 5.28. The number of hydrogen-bond donors (Lipinski definition) is 2. The van der Waals surface area contributed by atoms with E-state index in [9.17, 15) is 4.79 Å². The highest BCUT2D eigenvalue weighted by atomic mass is 16.1. The van der Waals surface area contributed by atoms with Crippen molar-refractivity contribution in [2.75, 3.05) is 30.9 Å². The van der Waals surface area contributed by atoms with E-state index in [0.29, 0.717) is 23.8 Å². The van der Waals surface area contributed by atoms with Gasteiger partial charge in [0.2, 0.25) is 11.9 Å². The van der Waals surface area contributed by atoms with Gasteiger partial charge < -0.3 is 15.5 Å². The van der Waals surface area contributed by atoms with Crippen molar-refractivity contribution in [1.29, 1.82) is 0 Å². The molecule has 0 unspecified atom stereocenters. The lowest BCUT2D eigenvalue weighted by atomic mass is 9.81. The maximum Gasteiger partial charge on any atom is 0.225 e. The number of carbonyl (C=O) groups is 1. The highest BCUT2D eigenvalue weighted by Gasteiger charge is 2.24. The lowest BCUT2D eigenvalue weighted by Crippen LogP contribution is -2.35. The van der Waals surface area contributed by atoms with Crippen LogP contribution in [0.1, 0.15) is 64.7 Å². The smallest absolute Gasteiger partial charge is 0.225 e. The monoisotopic (exact) mass is 437 g/mol. The molecule has 6 nitrogen and oxygen atoms in total. The van der Waals surface area contributed by atoms with Crippen LogP contribution in [0.2, 0.25) is 0 Å². The predicted molar refractivity (Wildman–Crippen MR) is 132 cm³/mol. The highest BCUT2D eigenvalue weighted by molar-refractivity contribution is 5.90. The van der Waals surface area contributed by atoms with Gasteiger partial charge in [-0.1, -0.05) is 31.9 Å². The molecule has 4 rings (SSSR count). The summed E-state index contributed by atoms with van der Waals surface area (Å²) in [5, 5.41) is 7.88. The van der Waals surface area contributed by atoms with Crippen molar-refractivity contribution in [1.82, 2.24) is 15.3 Å². The molecule has 2 aromatic rings. The summed E-state index contributed by atoms with van der Waals surface area (Å²) in [5.41, 5.74) is 0.970. The molecule has 0 bridgehead atoms. The van der Waals surface area contributed by atoms with Gasteiger partial charge in [0.05, 0.1) is 5.52 Å². The summed E-state index contributed by atoms with van der Waals surface area (Å²) in [7, 11) is 4.04. The Balaban J connectivity index is 1.23. The molecule has 32 heavy (non-hydrogen) atoms. The number of amides is 1. The molecule has 0 spiro atoms. The van der Waals surface area contributed by atoms with Gasteiger partial charge in [0, 0.05) is 38.5 Å². The molecule has 174 valence electrons. The van der Waals surface area contributed by atoms with E-state index >= 15 is 0 Å². The van der Waals surface area contributed by atoms with Crippen LogP contribution in [0, 0.1) is 17.8 Å². The number of benzene rings is 1. The van der Waals surface area contributed by atoms with Crippen molar-refractivity contribution in [2.24, 2.45) is 17.8 Å². The number of nitrogens with one attached hydrogen (secondary N) is 2. The standard InChI is InChI=1S/C26H39N5O/c1-18-8-10-19(11-9-18)16-24(32)27-17-20-12-14-21(15-13-20)28-26-29-23-7-5-4-6-22(23)25(30-26)31(2)3/h4-7,18-21H,8-17H2,1-3H3,(H,27,32)(H,28,29,30)/t18?,19?,20-,21+. The Labute approximate surface area is 192 Å². The molecule has 0 aliphatic heterocycles. The molecular weight excluding hydrogens is 398 g/mol. The van der Waals surface area contributed by atoms with E-state index in [1.54, 1.807) is 0 Å². The third-order valence-corrected chi connectivity index (χ3v) is 7.38. The molecule has 2 aliphatic carbocycles. The molecular formula is C26H39N5O. The summed E-state index contributed by atoms with van der Waals surface area (Å²) in [6.45, 7) is 3.15. The van der Waals surface area contributed by atoms with Gasteiger partial charge in [0.1, 0.15) is 5.82 Å². The lowest BCUT2D eigenvalue weighted by Gasteiger charge is -2.30. The van der Waals surface area contributed by atoms with E-state index in [-0.39, 0.29) is 5.91 Å². The van der Waals surface area contributed by atoms with Crippen molar-refractivity contribution in [3.05, 3.63) is 24.3 Å². The first-order valence-corrected chi connectivity index (χ1v) is 12.4. The molecule has 2 fully saturated rings. The Morgan fingerprint density at radius 3 is 2.38 bits per heavy atom. The second-order valence-corrected chi connectivity index (χ2v) is 10.3. The van der Waals surface area contributed by atoms with Crippen LogP contribution in [0.3, 0.4) is 0 Å². The van der Waals surface area contributed by atoms with Crippen LogP contribution in [0.4, 0.5) is 11.8 Å². The van der Waals surface area contributed by atoms with Gasteiger partial charge in [0.25, 0.3) is 0 Å². The minimum atomic E-state index is 0.255. The van der Waals surface area contributed by atoms with Gasteiger partial charge in [-0.05, 0) is 68.4 Å². The number of para-hydroxylation sites is 1. The van der Waals surface area contributed by atoms with Gasteiger partial charge >= 0.3 is 0 Å². The van der Waals surface area contributed by atoms with E-state index in [1.807, 2.05) is 37.2 Å². The van der Waals surface area contributed by atoms with Crippen LogP contribution >= 0.6 is 0 Å².